The van der Waals surface area contributed by atoms with Crippen LogP contribution in [0.3, 0.4) is 0 Å². The molecule has 3 heteroatoms. The van der Waals surface area contributed by atoms with Crippen molar-refractivity contribution in [1.29, 1.82) is 0 Å². The van der Waals surface area contributed by atoms with Gasteiger partial charge < -0.3 is 9.84 Å². The maximum Gasteiger partial charge on any atom is 0.0700 e. The van der Waals surface area contributed by atoms with E-state index in [4.69, 9.17) is 4.74 Å². The molecule has 1 fully saturated rings. The van der Waals surface area contributed by atoms with Gasteiger partial charge >= 0.3 is 0 Å². The Bertz CT molecular complexity index is 198. The van der Waals surface area contributed by atoms with Crippen LogP contribution in [0.5, 0.6) is 0 Å². The number of likely N-dealkylation sites (N-methyl/N-ethyl adjacent to an activating group) is 1. The van der Waals surface area contributed by atoms with Gasteiger partial charge in [-0.25, -0.2) is 0 Å². The first-order chi connectivity index (χ1) is 7.47. The number of hydrogen-bond donors (Lipinski definition) is 1. The van der Waals surface area contributed by atoms with E-state index >= 15 is 0 Å². The van der Waals surface area contributed by atoms with Crippen LogP contribution in [-0.2, 0) is 4.74 Å². The molecule has 0 amide bonds. The molecule has 1 aliphatic rings. The van der Waals surface area contributed by atoms with E-state index in [9.17, 15) is 5.11 Å². The van der Waals surface area contributed by atoms with Crippen molar-refractivity contribution in [1.82, 2.24) is 4.90 Å². The van der Waals surface area contributed by atoms with Crippen molar-refractivity contribution in [3.05, 3.63) is 0 Å². The fourth-order valence-electron chi connectivity index (χ4n) is 3.13. The summed E-state index contributed by atoms with van der Waals surface area (Å²) in [4.78, 5) is 2.28. The topological polar surface area (TPSA) is 32.7 Å². The number of ether oxygens (including phenoxy) is 1. The van der Waals surface area contributed by atoms with Crippen molar-refractivity contribution in [2.24, 2.45) is 11.8 Å². The first kappa shape index (κ1) is 13.9. The Morgan fingerprint density at radius 1 is 1.38 bits per heavy atom. The Morgan fingerprint density at radius 2 is 2.00 bits per heavy atom. The predicted octanol–water partition coefficient (Wildman–Crippen LogP) is 1.75. The molecule has 0 radical (unpaired) electrons. The Morgan fingerprint density at radius 3 is 2.50 bits per heavy atom. The summed E-state index contributed by atoms with van der Waals surface area (Å²) in [5, 5.41) is 10.2. The number of aliphatic hydroxyl groups is 1. The van der Waals surface area contributed by atoms with Crippen molar-refractivity contribution >= 4 is 0 Å². The zero-order valence-electron chi connectivity index (χ0n) is 11.3. The molecule has 3 nitrogen and oxygen atoms in total. The fourth-order valence-corrected chi connectivity index (χ4v) is 3.13. The lowest BCUT2D eigenvalue weighted by atomic mass is 9.77. The molecular weight excluding hydrogens is 202 g/mol. The van der Waals surface area contributed by atoms with Crippen molar-refractivity contribution in [2.45, 2.75) is 51.8 Å². The molecule has 0 aromatic rings. The second-order valence-electron chi connectivity index (χ2n) is 5.58. The maximum atomic E-state index is 10.2. The van der Waals surface area contributed by atoms with E-state index in [0.717, 1.165) is 13.0 Å². The van der Waals surface area contributed by atoms with Crippen LogP contribution in [0.2, 0.25) is 0 Å². The minimum atomic E-state index is -0.192. The highest BCUT2D eigenvalue weighted by molar-refractivity contribution is 4.90. The summed E-state index contributed by atoms with van der Waals surface area (Å²) in [5.74, 6) is 1.20. The van der Waals surface area contributed by atoms with Crippen LogP contribution in [0.4, 0.5) is 0 Å². The third kappa shape index (κ3) is 3.19. The average Bonchev–Trinajstić information content (AvgIpc) is 2.16. The molecule has 16 heavy (non-hydrogen) atoms. The van der Waals surface area contributed by atoms with Gasteiger partial charge in [-0.1, -0.05) is 13.8 Å². The standard InChI is InChI=1S/C13H27NO2/c1-9-6-10(2)13(12(15)7-9)14(4)11(3)8-16-5/h9-13,15H,6-8H2,1-5H3. The van der Waals surface area contributed by atoms with Gasteiger partial charge in [-0.3, -0.25) is 4.90 Å². The van der Waals surface area contributed by atoms with Crippen LogP contribution >= 0.6 is 0 Å². The summed E-state index contributed by atoms with van der Waals surface area (Å²) >= 11 is 0. The first-order valence-electron chi connectivity index (χ1n) is 6.36. The van der Waals surface area contributed by atoms with Gasteiger partial charge in [0.15, 0.2) is 0 Å². The largest absolute Gasteiger partial charge is 0.391 e. The van der Waals surface area contributed by atoms with Gasteiger partial charge in [-0.15, -0.1) is 0 Å². The number of methoxy groups -OCH3 is 1. The number of rotatable bonds is 4. The molecule has 96 valence electrons. The van der Waals surface area contributed by atoms with Crippen LogP contribution in [-0.4, -0.2) is 49.0 Å². The van der Waals surface area contributed by atoms with E-state index in [0.29, 0.717) is 17.9 Å². The number of nitrogens with zero attached hydrogens (tertiary/aromatic N) is 1. The van der Waals surface area contributed by atoms with Gasteiger partial charge in [0.2, 0.25) is 0 Å². The SMILES string of the molecule is COCC(C)N(C)C1C(C)CC(C)CC1O. The summed E-state index contributed by atoms with van der Waals surface area (Å²) in [6.45, 7) is 7.36. The molecule has 1 aliphatic carbocycles. The third-order valence-corrected chi connectivity index (χ3v) is 3.97. The molecule has 1 rings (SSSR count). The third-order valence-electron chi connectivity index (χ3n) is 3.97. The van der Waals surface area contributed by atoms with E-state index in [2.05, 4.69) is 32.7 Å². The van der Waals surface area contributed by atoms with E-state index in [-0.39, 0.29) is 12.1 Å². The summed E-state index contributed by atoms with van der Waals surface area (Å²) in [7, 11) is 3.83. The quantitative estimate of drug-likeness (QED) is 0.797. The highest BCUT2D eigenvalue weighted by atomic mass is 16.5. The summed E-state index contributed by atoms with van der Waals surface area (Å²) < 4.78 is 5.18. The van der Waals surface area contributed by atoms with E-state index < -0.39 is 0 Å². The second kappa shape index (κ2) is 5.99. The van der Waals surface area contributed by atoms with Gasteiger partial charge in [0, 0.05) is 19.2 Å². The van der Waals surface area contributed by atoms with Crippen molar-refractivity contribution < 1.29 is 9.84 Å². The second-order valence-corrected chi connectivity index (χ2v) is 5.58. The van der Waals surface area contributed by atoms with E-state index in [1.165, 1.54) is 6.42 Å². The molecule has 0 bridgehead atoms. The normalized spacial score (nSPS) is 37.7. The van der Waals surface area contributed by atoms with Crippen LogP contribution < -0.4 is 0 Å². The molecule has 0 heterocycles. The Kier molecular flexibility index (Phi) is 5.22. The molecule has 0 aliphatic heterocycles. The lowest BCUT2D eigenvalue weighted by Gasteiger charge is -2.44. The number of aliphatic hydroxyl groups excluding tert-OH is 1. The van der Waals surface area contributed by atoms with Crippen LogP contribution in [0.15, 0.2) is 0 Å². The minimum Gasteiger partial charge on any atom is -0.391 e. The lowest BCUT2D eigenvalue weighted by molar-refractivity contribution is -0.0384. The van der Waals surface area contributed by atoms with Crippen LogP contribution in [0, 0.1) is 11.8 Å². The van der Waals surface area contributed by atoms with E-state index in [1.54, 1.807) is 7.11 Å². The highest BCUT2D eigenvalue weighted by Crippen LogP contribution is 2.32. The zero-order valence-corrected chi connectivity index (χ0v) is 11.3. The monoisotopic (exact) mass is 229 g/mol. The maximum absolute atomic E-state index is 10.2. The van der Waals surface area contributed by atoms with Crippen LogP contribution in [0.1, 0.15) is 33.6 Å². The summed E-state index contributed by atoms with van der Waals surface area (Å²) in [5.41, 5.74) is 0. The van der Waals surface area contributed by atoms with Crippen molar-refractivity contribution in [2.75, 3.05) is 20.8 Å². The molecule has 0 spiro atoms. The number of hydrogen-bond acceptors (Lipinski definition) is 3. The molecule has 0 aromatic carbocycles. The highest BCUT2D eigenvalue weighted by Gasteiger charge is 2.36. The van der Waals surface area contributed by atoms with Gasteiger partial charge in [0.25, 0.3) is 0 Å². The molecule has 1 N–H and O–H groups in total. The molecular formula is C13H27NO2. The van der Waals surface area contributed by atoms with E-state index in [1.807, 2.05) is 0 Å². The molecule has 5 atom stereocenters. The Balaban J connectivity index is 2.62. The van der Waals surface area contributed by atoms with Crippen molar-refractivity contribution in [3.63, 3.8) is 0 Å². The summed E-state index contributed by atoms with van der Waals surface area (Å²) in [6, 6.07) is 0.641. The lowest BCUT2D eigenvalue weighted by Crippen LogP contribution is -2.53. The summed E-state index contributed by atoms with van der Waals surface area (Å²) in [6.07, 6.45) is 1.95. The van der Waals surface area contributed by atoms with Gasteiger partial charge in [0.05, 0.1) is 12.7 Å². The predicted molar refractivity (Wildman–Crippen MR) is 66.5 cm³/mol. The molecule has 5 unspecified atom stereocenters. The van der Waals surface area contributed by atoms with Gasteiger partial charge in [0.1, 0.15) is 0 Å². The fraction of sp³-hybridized carbons (Fsp3) is 1.00. The smallest absolute Gasteiger partial charge is 0.0700 e. The minimum absolute atomic E-state index is 0.192. The van der Waals surface area contributed by atoms with Crippen molar-refractivity contribution in [3.8, 4) is 0 Å². The average molecular weight is 229 g/mol. The van der Waals surface area contributed by atoms with Gasteiger partial charge in [-0.2, -0.15) is 0 Å². The van der Waals surface area contributed by atoms with Crippen LogP contribution in [0.25, 0.3) is 0 Å². The Labute approximate surface area is 99.8 Å². The Hall–Kier alpha value is -0.120. The first-order valence-corrected chi connectivity index (χ1v) is 6.36. The molecule has 1 saturated carbocycles. The molecule has 0 aromatic heterocycles. The van der Waals surface area contributed by atoms with Gasteiger partial charge in [-0.05, 0) is 38.6 Å². The molecule has 0 saturated heterocycles. The zero-order chi connectivity index (χ0) is 12.3.